The minimum Gasteiger partial charge on any atom is -0.482 e. The van der Waals surface area contributed by atoms with Gasteiger partial charge in [-0.25, -0.2) is 0 Å². The monoisotopic (exact) mass is 412 g/mol. The number of nitrogens with zero attached hydrogens (tertiary/aromatic N) is 1. The first kappa shape index (κ1) is 20.0. The van der Waals surface area contributed by atoms with Crippen molar-refractivity contribution < 1.29 is 27.5 Å². The van der Waals surface area contributed by atoms with Gasteiger partial charge in [0.15, 0.2) is 6.61 Å². The molecule has 0 bridgehead atoms. The number of amides is 2. The van der Waals surface area contributed by atoms with Crippen LogP contribution in [0.25, 0.3) is 0 Å². The highest BCUT2D eigenvalue weighted by molar-refractivity contribution is 6.30. The number of hydrogen-bond acceptors (Lipinski definition) is 3. The molecule has 148 valence electrons. The fraction of sp³-hybridized carbons (Fsp3) is 0.263. The number of anilines is 2. The summed E-state index contributed by atoms with van der Waals surface area (Å²) < 4.78 is 41.9. The maximum Gasteiger partial charge on any atom is 0.422 e. The molecular weight excluding hydrogens is 397 g/mol. The molecular formula is C19H16ClF3N2O3. The summed E-state index contributed by atoms with van der Waals surface area (Å²) in [6.45, 7) is -1.30. The lowest BCUT2D eigenvalue weighted by Gasteiger charge is -2.17. The van der Waals surface area contributed by atoms with E-state index in [9.17, 15) is 22.8 Å². The lowest BCUT2D eigenvalue weighted by molar-refractivity contribution is -0.153. The van der Waals surface area contributed by atoms with Crippen molar-refractivity contribution >= 4 is 34.8 Å². The van der Waals surface area contributed by atoms with Crippen molar-refractivity contribution in [3.63, 3.8) is 0 Å². The molecule has 1 fully saturated rings. The van der Waals surface area contributed by atoms with Crippen LogP contribution in [0.4, 0.5) is 24.5 Å². The molecule has 1 N–H and O–H groups in total. The van der Waals surface area contributed by atoms with E-state index in [0.29, 0.717) is 10.7 Å². The Labute approximate surface area is 164 Å². The van der Waals surface area contributed by atoms with E-state index in [1.54, 1.807) is 30.3 Å². The first-order chi connectivity index (χ1) is 13.2. The summed E-state index contributed by atoms with van der Waals surface area (Å²) in [5.41, 5.74) is 0.743. The van der Waals surface area contributed by atoms with Crippen LogP contribution in [0.5, 0.6) is 5.75 Å². The molecule has 2 aromatic carbocycles. The van der Waals surface area contributed by atoms with Gasteiger partial charge in [-0.1, -0.05) is 23.7 Å². The number of nitrogens with one attached hydrogen (secondary N) is 1. The first-order valence-electron chi connectivity index (χ1n) is 8.38. The van der Waals surface area contributed by atoms with Gasteiger partial charge in [0.1, 0.15) is 5.75 Å². The Balaban J connectivity index is 1.67. The van der Waals surface area contributed by atoms with Crippen molar-refractivity contribution in [2.24, 2.45) is 5.92 Å². The molecule has 2 aromatic rings. The van der Waals surface area contributed by atoms with Crippen molar-refractivity contribution in [2.75, 3.05) is 23.4 Å². The molecule has 2 amide bonds. The molecule has 0 radical (unpaired) electrons. The van der Waals surface area contributed by atoms with Gasteiger partial charge in [0.05, 0.1) is 11.6 Å². The molecule has 1 aliphatic heterocycles. The molecule has 1 heterocycles. The number of hydrogen-bond donors (Lipinski definition) is 1. The van der Waals surface area contributed by atoms with Gasteiger partial charge in [0.25, 0.3) is 0 Å². The Kier molecular flexibility index (Phi) is 5.79. The smallest absolute Gasteiger partial charge is 0.422 e. The predicted octanol–water partition coefficient (Wildman–Crippen LogP) is 4.27. The summed E-state index contributed by atoms with van der Waals surface area (Å²) in [4.78, 5) is 26.3. The highest BCUT2D eigenvalue weighted by atomic mass is 35.5. The number of alkyl halides is 3. The SMILES string of the molecule is O=C(Nc1ccccc1OCC(F)(F)F)C1CC(=O)N(c2ccc(Cl)cc2)C1. The Morgan fingerprint density at radius 2 is 1.86 bits per heavy atom. The number of ether oxygens (including phenoxy) is 1. The molecule has 5 nitrogen and oxygen atoms in total. The van der Waals surface area contributed by atoms with E-state index < -0.39 is 24.6 Å². The van der Waals surface area contributed by atoms with Gasteiger partial charge in [-0.15, -0.1) is 0 Å². The van der Waals surface area contributed by atoms with Crippen LogP contribution in [0.15, 0.2) is 48.5 Å². The van der Waals surface area contributed by atoms with E-state index in [-0.39, 0.29) is 30.3 Å². The van der Waals surface area contributed by atoms with Crippen molar-refractivity contribution in [3.05, 3.63) is 53.6 Å². The van der Waals surface area contributed by atoms with E-state index >= 15 is 0 Å². The fourth-order valence-corrected chi connectivity index (χ4v) is 2.97. The van der Waals surface area contributed by atoms with Crippen LogP contribution in [-0.4, -0.2) is 31.1 Å². The zero-order valence-corrected chi connectivity index (χ0v) is 15.3. The second kappa shape index (κ2) is 8.10. The Hall–Kier alpha value is -2.74. The number of carbonyl (C=O) groups excluding carboxylic acids is 2. The second-order valence-corrected chi connectivity index (χ2v) is 6.71. The topological polar surface area (TPSA) is 58.6 Å². The highest BCUT2D eigenvalue weighted by Crippen LogP contribution is 2.30. The molecule has 1 saturated heterocycles. The zero-order chi connectivity index (χ0) is 20.3. The van der Waals surface area contributed by atoms with Crippen LogP contribution in [0, 0.1) is 5.92 Å². The maximum absolute atomic E-state index is 12.6. The summed E-state index contributed by atoms with van der Waals surface area (Å²) in [7, 11) is 0. The fourth-order valence-electron chi connectivity index (χ4n) is 2.84. The van der Waals surface area contributed by atoms with Gasteiger partial charge < -0.3 is 15.0 Å². The molecule has 0 aromatic heterocycles. The average Bonchev–Trinajstić information content (AvgIpc) is 3.03. The number of rotatable bonds is 5. The average molecular weight is 413 g/mol. The van der Waals surface area contributed by atoms with Gasteiger partial charge in [0, 0.05) is 23.7 Å². The van der Waals surface area contributed by atoms with Crippen molar-refractivity contribution in [3.8, 4) is 5.75 Å². The zero-order valence-electron chi connectivity index (χ0n) is 14.5. The van der Waals surface area contributed by atoms with Gasteiger partial charge in [-0.05, 0) is 36.4 Å². The van der Waals surface area contributed by atoms with Crippen LogP contribution in [0.3, 0.4) is 0 Å². The lowest BCUT2D eigenvalue weighted by atomic mass is 10.1. The minimum atomic E-state index is -4.49. The van der Waals surface area contributed by atoms with Crippen molar-refractivity contribution in [1.82, 2.24) is 0 Å². The first-order valence-corrected chi connectivity index (χ1v) is 8.76. The normalized spacial score (nSPS) is 16.9. The number of carbonyl (C=O) groups is 2. The third-order valence-corrected chi connectivity index (χ3v) is 4.42. The summed E-state index contributed by atoms with van der Waals surface area (Å²) in [6.07, 6.45) is -4.49. The minimum absolute atomic E-state index is 0.0000346. The number of halogens is 4. The van der Waals surface area contributed by atoms with Gasteiger partial charge in [0.2, 0.25) is 11.8 Å². The largest absolute Gasteiger partial charge is 0.482 e. The summed E-state index contributed by atoms with van der Waals surface area (Å²) in [5.74, 6) is -1.41. The molecule has 1 unspecified atom stereocenters. The van der Waals surface area contributed by atoms with E-state index in [2.05, 4.69) is 5.32 Å². The van der Waals surface area contributed by atoms with Gasteiger partial charge in [-0.2, -0.15) is 13.2 Å². The Morgan fingerprint density at radius 1 is 1.18 bits per heavy atom. The Morgan fingerprint density at radius 3 is 2.54 bits per heavy atom. The number of para-hydroxylation sites is 2. The molecule has 1 aliphatic rings. The van der Waals surface area contributed by atoms with E-state index in [1.807, 2.05) is 0 Å². The molecule has 3 rings (SSSR count). The number of benzene rings is 2. The lowest BCUT2D eigenvalue weighted by Crippen LogP contribution is -2.28. The van der Waals surface area contributed by atoms with Crippen LogP contribution in [0.2, 0.25) is 5.02 Å². The summed E-state index contributed by atoms with van der Waals surface area (Å²) >= 11 is 5.84. The van der Waals surface area contributed by atoms with Crippen LogP contribution >= 0.6 is 11.6 Å². The van der Waals surface area contributed by atoms with Gasteiger partial charge in [-0.3, -0.25) is 9.59 Å². The van der Waals surface area contributed by atoms with Crippen LogP contribution in [-0.2, 0) is 9.59 Å². The van der Waals surface area contributed by atoms with E-state index in [4.69, 9.17) is 16.3 Å². The standard InChI is InChI=1S/C19H16ClF3N2O3/c20-13-5-7-14(8-6-13)25-10-12(9-17(25)26)18(27)24-15-3-1-2-4-16(15)28-11-19(21,22)23/h1-8,12H,9-11H2,(H,24,27). The van der Waals surface area contributed by atoms with Crippen LogP contribution < -0.4 is 15.0 Å². The van der Waals surface area contributed by atoms with Crippen LogP contribution in [0.1, 0.15) is 6.42 Å². The quantitative estimate of drug-likeness (QED) is 0.797. The molecule has 9 heteroatoms. The second-order valence-electron chi connectivity index (χ2n) is 6.27. The van der Waals surface area contributed by atoms with Crippen molar-refractivity contribution in [1.29, 1.82) is 0 Å². The summed E-state index contributed by atoms with van der Waals surface area (Å²) in [6, 6.07) is 12.5. The Bertz CT molecular complexity index is 871. The highest BCUT2D eigenvalue weighted by Gasteiger charge is 2.35. The van der Waals surface area contributed by atoms with E-state index in [0.717, 1.165) is 0 Å². The molecule has 0 aliphatic carbocycles. The molecule has 0 spiro atoms. The molecule has 28 heavy (non-hydrogen) atoms. The molecule has 0 saturated carbocycles. The maximum atomic E-state index is 12.6. The van der Waals surface area contributed by atoms with Crippen molar-refractivity contribution in [2.45, 2.75) is 12.6 Å². The molecule has 1 atom stereocenters. The summed E-state index contributed by atoms with van der Waals surface area (Å²) in [5, 5.41) is 3.09. The predicted molar refractivity (Wildman–Crippen MR) is 98.5 cm³/mol. The van der Waals surface area contributed by atoms with E-state index in [1.165, 1.54) is 23.1 Å². The third-order valence-electron chi connectivity index (χ3n) is 4.17. The van der Waals surface area contributed by atoms with Gasteiger partial charge >= 0.3 is 6.18 Å². The third kappa shape index (κ3) is 4.95.